The topological polar surface area (TPSA) is 60.9 Å². The largest absolute Gasteiger partial charge is 0.480 e. The molecule has 0 saturated carbocycles. The molecule has 0 spiro atoms. The summed E-state index contributed by atoms with van der Waals surface area (Å²) >= 11 is 0. The lowest BCUT2D eigenvalue weighted by molar-refractivity contribution is -0.141. The highest BCUT2D eigenvalue weighted by atomic mass is 16.4. The third-order valence-corrected chi connectivity index (χ3v) is 3.24. The molecule has 5 heteroatoms. The highest BCUT2D eigenvalue weighted by Crippen LogP contribution is 2.21. The SMILES string of the molecule is Cc1ccc(N(C)C(=O)N(C)C(C)C(=O)O)c(C)c1. The minimum absolute atomic E-state index is 0.346. The number of carboxylic acid groups (broad SMARTS) is 1. The van der Waals surface area contributed by atoms with E-state index in [4.69, 9.17) is 5.11 Å². The van der Waals surface area contributed by atoms with Crippen LogP contribution in [0.3, 0.4) is 0 Å². The van der Waals surface area contributed by atoms with E-state index in [-0.39, 0.29) is 6.03 Å². The molecule has 0 saturated heterocycles. The molecule has 19 heavy (non-hydrogen) atoms. The van der Waals surface area contributed by atoms with Gasteiger partial charge in [-0.1, -0.05) is 17.7 Å². The van der Waals surface area contributed by atoms with Gasteiger partial charge >= 0.3 is 12.0 Å². The average Bonchev–Trinajstić information content (AvgIpc) is 2.35. The Hall–Kier alpha value is -2.04. The number of hydrogen-bond donors (Lipinski definition) is 1. The molecule has 1 unspecified atom stereocenters. The van der Waals surface area contributed by atoms with Crippen molar-refractivity contribution >= 4 is 17.7 Å². The van der Waals surface area contributed by atoms with Crippen LogP contribution in [-0.4, -0.2) is 42.1 Å². The molecule has 0 aliphatic carbocycles. The van der Waals surface area contributed by atoms with Gasteiger partial charge in [0.15, 0.2) is 0 Å². The molecular weight excluding hydrogens is 244 g/mol. The maximum Gasteiger partial charge on any atom is 0.326 e. The number of amides is 2. The maximum absolute atomic E-state index is 12.2. The van der Waals surface area contributed by atoms with Crippen molar-refractivity contribution in [2.75, 3.05) is 19.0 Å². The van der Waals surface area contributed by atoms with Crippen molar-refractivity contribution in [3.8, 4) is 0 Å². The van der Waals surface area contributed by atoms with Crippen LogP contribution in [0, 0.1) is 13.8 Å². The first-order valence-electron chi connectivity index (χ1n) is 6.06. The van der Waals surface area contributed by atoms with Crippen LogP contribution < -0.4 is 4.90 Å². The van der Waals surface area contributed by atoms with E-state index in [1.165, 1.54) is 23.8 Å². The van der Waals surface area contributed by atoms with E-state index in [1.54, 1.807) is 7.05 Å². The molecule has 0 aromatic heterocycles. The summed E-state index contributed by atoms with van der Waals surface area (Å²) in [5.41, 5.74) is 2.88. The number of anilines is 1. The molecular formula is C14H20N2O3. The molecule has 2 amide bonds. The number of urea groups is 1. The number of carbonyl (C=O) groups excluding carboxylic acids is 1. The van der Waals surface area contributed by atoms with Gasteiger partial charge in [0.2, 0.25) is 0 Å². The Kier molecular flexibility index (Phi) is 4.53. The summed E-state index contributed by atoms with van der Waals surface area (Å²) in [6.07, 6.45) is 0. The summed E-state index contributed by atoms with van der Waals surface area (Å²) in [6.45, 7) is 5.39. The minimum Gasteiger partial charge on any atom is -0.480 e. The predicted molar refractivity (Wildman–Crippen MR) is 74.6 cm³/mol. The quantitative estimate of drug-likeness (QED) is 0.911. The van der Waals surface area contributed by atoms with E-state index >= 15 is 0 Å². The number of hydrogen-bond acceptors (Lipinski definition) is 2. The van der Waals surface area contributed by atoms with Gasteiger partial charge in [0.25, 0.3) is 0 Å². The maximum atomic E-state index is 12.2. The van der Waals surface area contributed by atoms with Gasteiger partial charge in [-0.05, 0) is 32.4 Å². The van der Waals surface area contributed by atoms with Crippen LogP contribution >= 0.6 is 0 Å². The Balaban J connectivity index is 2.96. The van der Waals surface area contributed by atoms with Gasteiger partial charge in [-0.25, -0.2) is 9.59 Å². The molecule has 1 aromatic carbocycles. The van der Waals surface area contributed by atoms with Crippen molar-refractivity contribution in [1.29, 1.82) is 0 Å². The van der Waals surface area contributed by atoms with Crippen LogP contribution in [-0.2, 0) is 4.79 Å². The second kappa shape index (κ2) is 5.73. The van der Waals surface area contributed by atoms with E-state index in [0.29, 0.717) is 0 Å². The van der Waals surface area contributed by atoms with Gasteiger partial charge in [0, 0.05) is 19.8 Å². The Morgan fingerprint density at radius 1 is 1.21 bits per heavy atom. The number of carbonyl (C=O) groups is 2. The zero-order valence-electron chi connectivity index (χ0n) is 12.0. The van der Waals surface area contributed by atoms with Crippen LogP contribution in [0.1, 0.15) is 18.1 Å². The van der Waals surface area contributed by atoms with E-state index in [9.17, 15) is 9.59 Å². The number of nitrogens with zero attached hydrogens (tertiary/aromatic N) is 2. The molecule has 1 N–H and O–H groups in total. The van der Waals surface area contributed by atoms with Gasteiger partial charge in [0.1, 0.15) is 6.04 Å². The van der Waals surface area contributed by atoms with Gasteiger partial charge in [0.05, 0.1) is 0 Å². The standard InChI is InChI=1S/C14H20N2O3/c1-9-6-7-12(10(2)8-9)16(5)14(19)15(4)11(3)13(17)18/h6-8,11H,1-5H3,(H,17,18). The third kappa shape index (κ3) is 3.24. The molecule has 5 nitrogen and oxygen atoms in total. The number of aryl methyl sites for hydroxylation is 2. The van der Waals surface area contributed by atoms with Crippen LogP contribution in [0.15, 0.2) is 18.2 Å². The van der Waals surface area contributed by atoms with Gasteiger partial charge in [-0.2, -0.15) is 0 Å². The lowest BCUT2D eigenvalue weighted by Gasteiger charge is -2.28. The summed E-state index contributed by atoms with van der Waals surface area (Å²) in [5, 5.41) is 8.93. The Bertz CT molecular complexity index is 499. The van der Waals surface area contributed by atoms with E-state index in [1.807, 2.05) is 32.0 Å². The van der Waals surface area contributed by atoms with Crippen molar-refractivity contribution in [2.24, 2.45) is 0 Å². The second-order valence-electron chi connectivity index (χ2n) is 4.76. The fourth-order valence-electron chi connectivity index (χ4n) is 1.85. The fraction of sp³-hybridized carbons (Fsp3) is 0.429. The highest BCUT2D eigenvalue weighted by Gasteiger charge is 2.25. The molecule has 0 aliphatic rings. The van der Waals surface area contributed by atoms with E-state index in [2.05, 4.69) is 0 Å². The zero-order valence-corrected chi connectivity index (χ0v) is 12.0. The van der Waals surface area contributed by atoms with E-state index in [0.717, 1.165) is 16.8 Å². The molecule has 1 aromatic rings. The monoisotopic (exact) mass is 264 g/mol. The first-order chi connectivity index (χ1) is 8.75. The molecule has 0 fully saturated rings. The number of aliphatic carboxylic acids is 1. The molecule has 104 valence electrons. The summed E-state index contributed by atoms with van der Waals surface area (Å²) in [4.78, 5) is 25.8. The van der Waals surface area contributed by atoms with Gasteiger partial charge in [-0.3, -0.25) is 4.90 Å². The average molecular weight is 264 g/mol. The van der Waals surface area contributed by atoms with Gasteiger partial charge in [-0.15, -0.1) is 0 Å². The molecule has 1 rings (SSSR count). The number of rotatable bonds is 3. The molecule has 0 heterocycles. The number of benzene rings is 1. The lowest BCUT2D eigenvalue weighted by atomic mass is 10.1. The first-order valence-corrected chi connectivity index (χ1v) is 6.06. The van der Waals surface area contributed by atoms with E-state index < -0.39 is 12.0 Å². The highest BCUT2D eigenvalue weighted by molar-refractivity contribution is 5.94. The summed E-state index contributed by atoms with van der Waals surface area (Å²) in [5.74, 6) is -1.02. The lowest BCUT2D eigenvalue weighted by Crippen LogP contribution is -2.46. The molecule has 0 aliphatic heterocycles. The van der Waals surface area contributed by atoms with Crippen LogP contribution in [0.5, 0.6) is 0 Å². The van der Waals surface area contributed by atoms with Crippen LogP contribution in [0.2, 0.25) is 0 Å². The predicted octanol–water partition coefficient (Wildman–Crippen LogP) is 2.26. The smallest absolute Gasteiger partial charge is 0.326 e. The summed E-state index contributed by atoms with van der Waals surface area (Å²) in [7, 11) is 3.13. The fourth-order valence-corrected chi connectivity index (χ4v) is 1.85. The van der Waals surface area contributed by atoms with Crippen molar-refractivity contribution in [2.45, 2.75) is 26.8 Å². The Labute approximate surface area is 113 Å². The Morgan fingerprint density at radius 2 is 1.79 bits per heavy atom. The summed E-state index contributed by atoms with van der Waals surface area (Å²) < 4.78 is 0. The number of likely N-dealkylation sites (N-methyl/N-ethyl adjacent to an activating group) is 1. The number of carboxylic acids is 1. The normalized spacial score (nSPS) is 11.8. The van der Waals surface area contributed by atoms with Gasteiger partial charge < -0.3 is 10.0 Å². The molecule has 0 radical (unpaired) electrons. The van der Waals surface area contributed by atoms with Crippen molar-refractivity contribution in [1.82, 2.24) is 4.90 Å². The van der Waals surface area contributed by atoms with Crippen molar-refractivity contribution in [3.63, 3.8) is 0 Å². The summed E-state index contributed by atoms with van der Waals surface area (Å²) in [6, 6.07) is 4.57. The second-order valence-corrected chi connectivity index (χ2v) is 4.76. The molecule has 1 atom stereocenters. The Morgan fingerprint density at radius 3 is 2.26 bits per heavy atom. The van der Waals surface area contributed by atoms with Crippen molar-refractivity contribution < 1.29 is 14.7 Å². The first kappa shape index (κ1) is 15.0. The van der Waals surface area contributed by atoms with Crippen LogP contribution in [0.4, 0.5) is 10.5 Å². The zero-order chi connectivity index (χ0) is 14.7. The van der Waals surface area contributed by atoms with Crippen LogP contribution in [0.25, 0.3) is 0 Å². The molecule has 0 bridgehead atoms. The third-order valence-electron chi connectivity index (χ3n) is 3.24. The minimum atomic E-state index is -1.02. The van der Waals surface area contributed by atoms with Crippen molar-refractivity contribution in [3.05, 3.63) is 29.3 Å².